The van der Waals surface area contributed by atoms with Crippen LogP contribution in [0.4, 0.5) is 0 Å². The van der Waals surface area contributed by atoms with Gasteiger partial charge in [0.1, 0.15) is 0 Å². The molecule has 0 saturated heterocycles. The normalized spacial score (nSPS) is 11.8. The van der Waals surface area contributed by atoms with Crippen molar-refractivity contribution in [2.24, 2.45) is 5.92 Å². The minimum atomic E-state index is -0.757. The van der Waals surface area contributed by atoms with E-state index in [-0.39, 0.29) is 6.42 Å². The average molecular weight is 283 g/mol. The third-order valence-electron chi connectivity index (χ3n) is 3.00. The van der Waals surface area contributed by atoms with Crippen LogP contribution in [0, 0.1) is 5.92 Å². The van der Waals surface area contributed by atoms with Crippen LogP contribution in [-0.2, 0) is 17.8 Å². The van der Waals surface area contributed by atoms with Crippen molar-refractivity contribution in [1.29, 1.82) is 0 Å². The highest BCUT2D eigenvalue weighted by Gasteiger charge is 2.15. The maximum atomic E-state index is 10.6. The Kier molecular flexibility index (Phi) is 6.64. The monoisotopic (exact) mass is 283 g/mol. The van der Waals surface area contributed by atoms with Gasteiger partial charge < -0.3 is 9.63 Å². The van der Waals surface area contributed by atoms with Gasteiger partial charge in [0.25, 0.3) is 0 Å². The van der Waals surface area contributed by atoms with Crippen LogP contribution in [0.5, 0.6) is 0 Å². The van der Waals surface area contributed by atoms with Crippen LogP contribution in [0.3, 0.4) is 0 Å². The number of carbonyl (C=O) groups is 1. The van der Waals surface area contributed by atoms with Crippen molar-refractivity contribution in [3.8, 4) is 0 Å². The second-order valence-corrected chi connectivity index (χ2v) is 5.76. The molecule has 1 aromatic heterocycles. The van der Waals surface area contributed by atoms with Crippen molar-refractivity contribution in [2.45, 2.75) is 59.5 Å². The first-order valence-electron chi connectivity index (χ1n) is 7.15. The van der Waals surface area contributed by atoms with Crippen LogP contribution in [0.2, 0.25) is 0 Å². The van der Waals surface area contributed by atoms with Crippen molar-refractivity contribution in [2.75, 3.05) is 6.54 Å². The van der Waals surface area contributed by atoms with E-state index in [4.69, 9.17) is 9.63 Å². The molecule has 0 aliphatic heterocycles. The summed E-state index contributed by atoms with van der Waals surface area (Å²) in [5, 5.41) is 12.7. The number of carboxylic acids is 1. The van der Waals surface area contributed by atoms with Gasteiger partial charge in [-0.2, -0.15) is 4.98 Å². The summed E-state index contributed by atoms with van der Waals surface area (Å²) >= 11 is 0. The molecule has 1 N–H and O–H groups in total. The Labute approximate surface area is 120 Å². The van der Waals surface area contributed by atoms with E-state index in [9.17, 15) is 4.79 Å². The fourth-order valence-corrected chi connectivity index (χ4v) is 1.92. The summed E-state index contributed by atoms with van der Waals surface area (Å²) in [6, 6.07) is 0.316. The largest absolute Gasteiger partial charge is 0.481 e. The van der Waals surface area contributed by atoms with E-state index >= 15 is 0 Å². The molecule has 0 unspecified atom stereocenters. The zero-order valence-corrected chi connectivity index (χ0v) is 12.8. The van der Waals surface area contributed by atoms with Gasteiger partial charge in [-0.1, -0.05) is 19.0 Å². The highest BCUT2D eigenvalue weighted by atomic mass is 16.5. The van der Waals surface area contributed by atoms with Gasteiger partial charge in [-0.25, -0.2) is 0 Å². The van der Waals surface area contributed by atoms with Crippen molar-refractivity contribution < 1.29 is 14.4 Å². The summed E-state index contributed by atoms with van der Waals surface area (Å²) in [7, 11) is 0. The lowest BCUT2D eigenvalue weighted by molar-refractivity contribution is -0.137. The van der Waals surface area contributed by atoms with Crippen molar-refractivity contribution in [1.82, 2.24) is 15.0 Å². The molecule has 0 fully saturated rings. The standard InChI is InChI=1S/C14H25N3O3/c1-10(2)8-13-15-12(16-20-13)9-17(11(3)4)7-5-6-14(18)19/h10-11H,5-9H2,1-4H3,(H,18,19). The van der Waals surface area contributed by atoms with Crippen molar-refractivity contribution in [3.63, 3.8) is 0 Å². The molecule has 114 valence electrons. The Morgan fingerprint density at radius 1 is 1.35 bits per heavy atom. The summed E-state index contributed by atoms with van der Waals surface area (Å²) in [5.74, 6) is 1.07. The molecule has 6 nitrogen and oxygen atoms in total. The fraction of sp³-hybridized carbons (Fsp3) is 0.786. The van der Waals surface area contributed by atoms with Crippen molar-refractivity contribution in [3.05, 3.63) is 11.7 Å². The Bertz CT molecular complexity index is 416. The van der Waals surface area contributed by atoms with E-state index in [1.807, 2.05) is 0 Å². The Morgan fingerprint density at radius 2 is 2.05 bits per heavy atom. The third-order valence-corrected chi connectivity index (χ3v) is 3.00. The quantitative estimate of drug-likeness (QED) is 0.749. The summed E-state index contributed by atoms with van der Waals surface area (Å²) in [4.78, 5) is 17.1. The molecule has 0 saturated carbocycles. The van der Waals surface area contributed by atoms with Crippen LogP contribution < -0.4 is 0 Å². The van der Waals surface area contributed by atoms with Gasteiger partial charge in [0, 0.05) is 18.9 Å². The van der Waals surface area contributed by atoms with Crippen LogP contribution in [0.15, 0.2) is 4.52 Å². The number of nitrogens with zero attached hydrogens (tertiary/aromatic N) is 3. The topological polar surface area (TPSA) is 79.5 Å². The molecule has 0 radical (unpaired) electrons. The number of aliphatic carboxylic acids is 1. The molecule has 0 spiro atoms. The van der Waals surface area contributed by atoms with Crippen LogP contribution in [0.25, 0.3) is 0 Å². The van der Waals surface area contributed by atoms with Crippen LogP contribution in [-0.4, -0.2) is 38.7 Å². The lowest BCUT2D eigenvalue weighted by Crippen LogP contribution is -2.32. The zero-order chi connectivity index (χ0) is 15.1. The fourth-order valence-electron chi connectivity index (χ4n) is 1.92. The Hall–Kier alpha value is -1.43. The molecule has 0 aliphatic carbocycles. The number of aromatic nitrogens is 2. The molecule has 0 amide bonds. The Balaban J connectivity index is 2.52. The minimum Gasteiger partial charge on any atom is -0.481 e. The van der Waals surface area contributed by atoms with Gasteiger partial charge in [0.05, 0.1) is 6.54 Å². The second kappa shape index (κ2) is 7.99. The highest BCUT2D eigenvalue weighted by molar-refractivity contribution is 5.66. The molecule has 0 bridgehead atoms. The minimum absolute atomic E-state index is 0.189. The second-order valence-electron chi connectivity index (χ2n) is 5.76. The van der Waals surface area contributed by atoms with Gasteiger partial charge in [0.15, 0.2) is 5.82 Å². The number of hydrogen-bond acceptors (Lipinski definition) is 5. The number of rotatable bonds is 9. The molecule has 1 aromatic rings. The lowest BCUT2D eigenvalue weighted by atomic mass is 10.1. The van der Waals surface area contributed by atoms with E-state index in [2.05, 4.69) is 42.7 Å². The highest BCUT2D eigenvalue weighted by Crippen LogP contribution is 2.10. The molecule has 0 aliphatic rings. The first-order valence-corrected chi connectivity index (χ1v) is 7.15. The summed E-state index contributed by atoms with van der Waals surface area (Å²) < 4.78 is 5.22. The first kappa shape index (κ1) is 16.6. The Morgan fingerprint density at radius 3 is 2.60 bits per heavy atom. The maximum absolute atomic E-state index is 10.6. The molecule has 20 heavy (non-hydrogen) atoms. The molecule has 1 heterocycles. The molecule has 1 rings (SSSR count). The zero-order valence-electron chi connectivity index (χ0n) is 12.8. The predicted molar refractivity (Wildman–Crippen MR) is 75.3 cm³/mol. The van der Waals surface area contributed by atoms with E-state index in [1.54, 1.807) is 0 Å². The van der Waals surface area contributed by atoms with E-state index in [1.165, 1.54) is 0 Å². The summed E-state index contributed by atoms with van der Waals surface area (Å²) in [5.41, 5.74) is 0. The number of hydrogen-bond donors (Lipinski definition) is 1. The molecular weight excluding hydrogens is 258 g/mol. The molecule has 0 atom stereocenters. The van der Waals surface area contributed by atoms with Gasteiger partial charge in [-0.3, -0.25) is 9.69 Å². The predicted octanol–water partition coefficient (Wildman–Crippen LogP) is 2.34. The van der Waals surface area contributed by atoms with Gasteiger partial charge >= 0.3 is 5.97 Å². The molecule has 0 aromatic carbocycles. The van der Waals surface area contributed by atoms with E-state index in [0.717, 1.165) is 13.0 Å². The number of carboxylic acid groups (broad SMARTS) is 1. The van der Waals surface area contributed by atoms with Crippen LogP contribution in [0.1, 0.15) is 52.3 Å². The molecule has 6 heteroatoms. The van der Waals surface area contributed by atoms with Gasteiger partial charge in [-0.05, 0) is 32.7 Å². The van der Waals surface area contributed by atoms with E-state index < -0.39 is 5.97 Å². The van der Waals surface area contributed by atoms with Gasteiger partial charge in [-0.15, -0.1) is 0 Å². The van der Waals surface area contributed by atoms with Crippen LogP contribution >= 0.6 is 0 Å². The SMILES string of the molecule is CC(C)Cc1nc(CN(CCCC(=O)O)C(C)C)no1. The molecular formula is C14H25N3O3. The maximum Gasteiger partial charge on any atom is 0.303 e. The summed E-state index contributed by atoms with van der Waals surface area (Å²) in [6.07, 6.45) is 1.60. The summed E-state index contributed by atoms with van der Waals surface area (Å²) in [6.45, 7) is 9.69. The van der Waals surface area contributed by atoms with Gasteiger partial charge in [0.2, 0.25) is 5.89 Å². The van der Waals surface area contributed by atoms with Crippen molar-refractivity contribution >= 4 is 5.97 Å². The third kappa shape index (κ3) is 6.14. The average Bonchev–Trinajstić information content (AvgIpc) is 2.73. The first-order chi connectivity index (χ1) is 9.38. The smallest absolute Gasteiger partial charge is 0.303 e. The van der Waals surface area contributed by atoms with E-state index in [0.29, 0.717) is 36.6 Å². The lowest BCUT2D eigenvalue weighted by Gasteiger charge is -2.24.